The van der Waals surface area contributed by atoms with Crippen LogP contribution < -0.4 is 4.90 Å². The van der Waals surface area contributed by atoms with E-state index in [9.17, 15) is 0 Å². The van der Waals surface area contributed by atoms with Crippen molar-refractivity contribution in [1.29, 1.82) is 0 Å². The van der Waals surface area contributed by atoms with Crippen LogP contribution >= 0.6 is 0 Å². The highest BCUT2D eigenvalue weighted by atomic mass is 15.3. The SMILES string of the molecule is c1nc2ccc(N3CC3)cc2[nH]1. The fourth-order valence-corrected chi connectivity index (χ4v) is 1.43. The minimum Gasteiger partial charge on any atom is -0.368 e. The van der Waals surface area contributed by atoms with Gasteiger partial charge in [-0.05, 0) is 18.2 Å². The van der Waals surface area contributed by atoms with E-state index in [1.54, 1.807) is 6.33 Å². The summed E-state index contributed by atoms with van der Waals surface area (Å²) in [5.74, 6) is 0. The molecular weight excluding hydrogens is 150 g/mol. The number of rotatable bonds is 1. The second kappa shape index (κ2) is 2.00. The molecule has 3 nitrogen and oxygen atoms in total. The first kappa shape index (κ1) is 6.06. The highest BCUT2D eigenvalue weighted by molar-refractivity contribution is 5.79. The van der Waals surface area contributed by atoms with Gasteiger partial charge in [0.25, 0.3) is 0 Å². The number of nitrogens with one attached hydrogen (secondary N) is 1. The van der Waals surface area contributed by atoms with Gasteiger partial charge in [-0.15, -0.1) is 0 Å². The van der Waals surface area contributed by atoms with Gasteiger partial charge < -0.3 is 9.88 Å². The second-order valence-corrected chi connectivity index (χ2v) is 3.09. The molecule has 1 N–H and O–H groups in total. The third-order valence-corrected chi connectivity index (χ3v) is 2.22. The van der Waals surface area contributed by atoms with E-state index in [0.29, 0.717) is 0 Å². The molecule has 0 saturated carbocycles. The van der Waals surface area contributed by atoms with Crippen LogP contribution in [-0.4, -0.2) is 23.1 Å². The Morgan fingerprint density at radius 1 is 1.33 bits per heavy atom. The predicted molar refractivity (Wildman–Crippen MR) is 48.3 cm³/mol. The molecule has 1 aromatic heterocycles. The van der Waals surface area contributed by atoms with Crippen molar-refractivity contribution in [2.24, 2.45) is 0 Å². The summed E-state index contributed by atoms with van der Waals surface area (Å²) in [4.78, 5) is 9.59. The fraction of sp³-hybridized carbons (Fsp3) is 0.222. The van der Waals surface area contributed by atoms with Crippen LogP contribution in [-0.2, 0) is 0 Å². The van der Waals surface area contributed by atoms with Gasteiger partial charge in [0, 0.05) is 18.8 Å². The van der Waals surface area contributed by atoms with E-state index in [1.807, 2.05) is 0 Å². The van der Waals surface area contributed by atoms with Gasteiger partial charge in [-0.3, -0.25) is 0 Å². The normalized spacial score (nSPS) is 15.5. The van der Waals surface area contributed by atoms with Gasteiger partial charge in [-0.2, -0.15) is 0 Å². The molecule has 0 aliphatic carbocycles. The van der Waals surface area contributed by atoms with Crippen LogP contribution in [0.3, 0.4) is 0 Å². The number of H-pyrrole nitrogens is 1. The predicted octanol–water partition coefficient (Wildman–Crippen LogP) is 1.38. The number of nitrogens with zero attached hydrogens (tertiary/aromatic N) is 2. The van der Waals surface area contributed by atoms with E-state index < -0.39 is 0 Å². The summed E-state index contributed by atoms with van der Waals surface area (Å²) in [6, 6.07) is 6.32. The number of imidazole rings is 1. The lowest BCUT2D eigenvalue weighted by atomic mass is 10.3. The summed E-state index contributed by atoms with van der Waals surface area (Å²) in [7, 11) is 0. The molecule has 1 saturated heterocycles. The van der Waals surface area contributed by atoms with Crippen molar-refractivity contribution in [3.8, 4) is 0 Å². The first-order chi connectivity index (χ1) is 5.93. The quantitative estimate of drug-likeness (QED) is 0.637. The van der Waals surface area contributed by atoms with E-state index in [2.05, 4.69) is 33.1 Å². The molecule has 1 aliphatic rings. The van der Waals surface area contributed by atoms with Crippen molar-refractivity contribution in [3.05, 3.63) is 24.5 Å². The Hall–Kier alpha value is -1.51. The third kappa shape index (κ3) is 0.794. The number of benzene rings is 1. The molecule has 0 radical (unpaired) electrons. The van der Waals surface area contributed by atoms with Crippen molar-refractivity contribution < 1.29 is 0 Å². The van der Waals surface area contributed by atoms with Crippen LogP contribution in [0, 0.1) is 0 Å². The summed E-state index contributed by atoms with van der Waals surface area (Å²) >= 11 is 0. The molecule has 1 fully saturated rings. The minimum atomic E-state index is 1.04. The minimum absolute atomic E-state index is 1.04. The molecule has 3 rings (SSSR count). The smallest absolute Gasteiger partial charge is 0.0931 e. The van der Waals surface area contributed by atoms with Crippen LogP contribution in [0.2, 0.25) is 0 Å². The Morgan fingerprint density at radius 3 is 3.08 bits per heavy atom. The van der Waals surface area contributed by atoms with Crippen molar-refractivity contribution in [3.63, 3.8) is 0 Å². The number of fused-ring (bicyclic) bond motifs is 1. The molecular formula is C9H9N3. The third-order valence-electron chi connectivity index (χ3n) is 2.22. The maximum absolute atomic E-state index is 4.17. The van der Waals surface area contributed by atoms with Gasteiger partial charge in [0.05, 0.1) is 17.4 Å². The number of aromatic nitrogens is 2. The zero-order valence-corrected chi connectivity index (χ0v) is 6.62. The first-order valence-corrected chi connectivity index (χ1v) is 4.11. The molecule has 0 unspecified atom stereocenters. The number of aromatic amines is 1. The maximum atomic E-state index is 4.17. The molecule has 60 valence electrons. The Bertz CT molecular complexity index is 414. The number of hydrogen-bond acceptors (Lipinski definition) is 2. The van der Waals surface area contributed by atoms with Gasteiger partial charge in [0.2, 0.25) is 0 Å². The largest absolute Gasteiger partial charge is 0.368 e. The maximum Gasteiger partial charge on any atom is 0.0931 e. The molecule has 0 atom stereocenters. The molecule has 0 spiro atoms. The van der Waals surface area contributed by atoms with Crippen LogP contribution in [0.15, 0.2) is 24.5 Å². The molecule has 0 amide bonds. The summed E-state index contributed by atoms with van der Waals surface area (Å²) in [5.41, 5.74) is 3.46. The van der Waals surface area contributed by atoms with E-state index in [-0.39, 0.29) is 0 Å². The molecule has 1 aromatic carbocycles. The van der Waals surface area contributed by atoms with E-state index in [4.69, 9.17) is 0 Å². The van der Waals surface area contributed by atoms with E-state index in [1.165, 1.54) is 18.8 Å². The molecule has 12 heavy (non-hydrogen) atoms. The average Bonchev–Trinajstić information content (AvgIpc) is 2.84. The standard InChI is InChI=1S/C9H9N3/c1-2-8-9(11-6-10-8)5-7(1)12-3-4-12/h1-2,5-6H,3-4H2,(H,10,11). The molecule has 1 aliphatic heterocycles. The van der Waals surface area contributed by atoms with Gasteiger partial charge in [0.15, 0.2) is 0 Å². The topological polar surface area (TPSA) is 31.7 Å². The van der Waals surface area contributed by atoms with Crippen LogP contribution in [0.4, 0.5) is 5.69 Å². The van der Waals surface area contributed by atoms with Crippen molar-refractivity contribution in [2.45, 2.75) is 0 Å². The monoisotopic (exact) mass is 159 g/mol. The van der Waals surface area contributed by atoms with E-state index in [0.717, 1.165) is 11.0 Å². The molecule has 2 aromatic rings. The Balaban J connectivity index is 2.21. The molecule has 0 bridgehead atoms. The van der Waals surface area contributed by atoms with Gasteiger partial charge in [0.1, 0.15) is 0 Å². The lowest BCUT2D eigenvalue weighted by Crippen LogP contribution is -1.89. The highest BCUT2D eigenvalue weighted by Gasteiger charge is 2.17. The van der Waals surface area contributed by atoms with Gasteiger partial charge in [-0.1, -0.05) is 0 Å². The Kier molecular flexibility index (Phi) is 1.01. The molecule has 3 heteroatoms. The summed E-state index contributed by atoms with van der Waals surface area (Å²) in [5, 5.41) is 0. The zero-order chi connectivity index (χ0) is 7.97. The van der Waals surface area contributed by atoms with Crippen molar-refractivity contribution in [2.75, 3.05) is 18.0 Å². The number of anilines is 1. The van der Waals surface area contributed by atoms with Crippen LogP contribution in [0.1, 0.15) is 0 Å². The Morgan fingerprint density at radius 2 is 2.25 bits per heavy atom. The van der Waals surface area contributed by atoms with E-state index >= 15 is 0 Å². The van der Waals surface area contributed by atoms with Crippen molar-refractivity contribution >= 4 is 16.7 Å². The lowest BCUT2D eigenvalue weighted by molar-refractivity contribution is 1.34. The lowest BCUT2D eigenvalue weighted by Gasteiger charge is -2.00. The summed E-state index contributed by atoms with van der Waals surface area (Å²) < 4.78 is 0. The van der Waals surface area contributed by atoms with Gasteiger partial charge >= 0.3 is 0 Å². The van der Waals surface area contributed by atoms with Crippen molar-refractivity contribution in [1.82, 2.24) is 9.97 Å². The van der Waals surface area contributed by atoms with Crippen LogP contribution in [0.25, 0.3) is 11.0 Å². The second-order valence-electron chi connectivity index (χ2n) is 3.09. The first-order valence-electron chi connectivity index (χ1n) is 4.11. The van der Waals surface area contributed by atoms with Crippen LogP contribution in [0.5, 0.6) is 0 Å². The highest BCUT2D eigenvalue weighted by Crippen LogP contribution is 2.23. The summed E-state index contributed by atoms with van der Waals surface area (Å²) in [6.45, 7) is 2.39. The average molecular weight is 159 g/mol. The summed E-state index contributed by atoms with van der Waals surface area (Å²) in [6.07, 6.45) is 1.73. The fourth-order valence-electron chi connectivity index (χ4n) is 1.43. The molecule has 2 heterocycles. The van der Waals surface area contributed by atoms with Gasteiger partial charge in [-0.25, -0.2) is 4.98 Å². The Labute approximate surface area is 70.0 Å². The zero-order valence-electron chi connectivity index (χ0n) is 6.62. The number of hydrogen-bond donors (Lipinski definition) is 1.